The Morgan fingerprint density at radius 1 is 1.16 bits per heavy atom. The molecular weight excluding hydrogens is 246 g/mol. The standard InChI is InChI=1S/C9H18O3.C3H9NO.2CH4/c1-7(6-10)5-8(11)12-9(2,3)4;1-3(4)2-5;;/h7,10H,5-6H2,1-4H3;3,5H,2,4H2,1H3;2*1H4/t7-;3-;;/m10../s1. The van der Waals surface area contributed by atoms with Gasteiger partial charge in [0.05, 0.1) is 13.0 Å². The number of hydrogen-bond donors (Lipinski definition) is 3. The number of aliphatic hydroxyl groups excluding tert-OH is 2. The number of esters is 1. The van der Waals surface area contributed by atoms with Crippen LogP contribution >= 0.6 is 0 Å². The third-order valence-corrected chi connectivity index (χ3v) is 1.53. The predicted octanol–water partition coefficient (Wildman–Crippen LogP) is 1.94. The first-order chi connectivity index (χ1) is 7.62. The van der Waals surface area contributed by atoms with E-state index in [0.29, 0.717) is 0 Å². The Morgan fingerprint density at radius 3 is 1.74 bits per heavy atom. The quantitative estimate of drug-likeness (QED) is 0.685. The fraction of sp³-hybridized carbons (Fsp3) is 0.929. The van der Waals surface area contributed by atoms with Crippen LogP contribution in [0.2, 0.25) is 0 Å². The molecule has 120 valence electrons. The van der Waals surface area contributed by atoms with Crippen molar-refractivity contribution in [3.8, 4) is 0 Å². The largest absolute Gasteiger partial charge is 0.460 e. The minimum absolute atomic E-state index is 0. The summed E-state index contributed by atoms with van der Waals surface area (Å²) in [6.07, 6.45) is 0.285. The molecule has 0 saturated heterocycles. The highest BCUT2D eigenvalue weighted by Crippen LogP contribution is 2.10. The summed E-state index contributed by atoms with van der Waals surface area (Å²) in [6, 6.07) is -0.0602. The Hall–Kier alpha value is -0.650. The summed E-state index contributed by atoms with van der Waals surface area (Å²) in [4.78, 5) is 11.1. The van der Waals surface area contributed by atoms with Crippen LogP contribution in [0.4, 0.5) is 0 Å². The molecule has 0 spiro atoms. The molecule has 0 aliphatic rings. The molecule has 0 unspecified atom stereocenters. The molecule has 5 heteroatoms. The fourth-order valence-electron chi connectivity index (χ4n) is 0.732. The lowest BCUT2D eigenvalue weighted by Crippen LogP contribution is -2.25. The lowest BCUT2D eigenvalue weighted by atomic mass is 10.1. The van der Waals surface area contributed by atoms with Gasteiger partial charge in [-0.05, 0) is 33.6 Å². The first kappa shape index (κ1) is 26.8. The molecule has 0 aromatic rings. The van der Waals surface area contributed by atoms with Gasteiger partial charge in [-0.2, -0.15) is 0 Å². The number of aliphatic hydroxyl groups is 2. The van der Waals surface area contributed by atoms with E-state index in [2.05, 4.69) is 0 Å². The molecule has 4 N–H and O–H groups in total. The normalized spacial score (nSPS) is 12.8. The first-order valence-corrected chi connectivity index (χ1v) is 5.81. The Kier molecular flexibility index (Phi) is 19.4. The van der Waals surface area contributed by atoms with Gasteiger partial charge in [-0.1, -0.05) is 21.8 Å². The summed E-state index contributed by atoms with van der Waals surface area (Å²) in [5, 5.41) is 16.7. The van der Waals surface area contributed by atoms with Crippen LogP contribution in [-0.4, -0.2) is 41.0 Å². The van der Waals surface area contributed by atoms with Crippen LogP contribution in [0, 0.1) is 5.92 Å². The second kappa shape index (κ2) is 13.8. The van der Waals surface area contributed by atoms with E-state index in [1.54, 1.807) is 6.92 Å². The van der Waals surface area contributed by atoms with Crippen LogP contribution in [0.1, 0.15) is 55.9 Å². The van der Waals surface area contributed by atoms with Crippen molar-refractivity contribution in [3.05, 3.63) is 0 Å². The van der Waals surface area contributed by atoms with E-state index in [4.69, 9.17) is 20.7 Å². The zero-order valence-corrected chi connectivity index (χ0v) is 11.6. The topological polar surface area (TPSA) is 92.8 Å². The van der Waals surface area contributed by atoms with Gasteiger partial charge in [0.1, 0.15) is 5.60 Å². The van der Waals surface area contributed by atoms with Gasteiger partial charge in [0, 0.05) is 12.6 Å². The Balaban J connectivity index is -0.000000139. The summed E-state index contributed by atoms with van der Waals surface area (Å²) >= 11 is 0. The van der Waals surface area contributed by atoms with E-state index >= 15 is 0 Å². The van der Waals surface area contributed by atoms with Crippen LogP contribution in [-0.2, 0) is 9.53 Å². The highest BCUT2D eigenvalue weighted by Gasteiger charge is 2.17. The van der Waals surface area contributed by atoms with Crippen molar-refractivity contribution in [1.29, 1.82) is 0 Å². The molecule has 0 aliphatic carbocycles. The van der Waals surface area contributed by atoms with Gasteiger partial charge < -0.3 is 20.7 Å². The van der Waals surface area contributed by atoms with Gasteiger partial charge in [-0.3, -0.25) is 4.79 Å². The summed E-state index contributed by atoms with van der Waals surface area (Å²) < 4.78 is 5.06. The molecular formula is C14H35NO4. The number of ether oxygens (including phenoxy) is 1. The van der Waals surface area contributed by atoms with Crippen LogP contribution in [0.5, 0.6) is 0 Å². The number of carbonyl (C=O) groups is 1. The number of rotatable bonds is 4. The van der Waals surface area contributed by atoms with Crippen molar-refractivity contribution in [1.82, 2.24) is 0 Å². The molecule has 0 amide bonds. The predicted molar refractivity (Wildman–Crippen MR) is 80.9 cm³/mol. The number of hydrogen-bond acceptors (Lipinski definition) is 5. The summed E-state index contributed by atoms with van der Waals surface area (Å²) in [5.41, 5.74) is 4.62. The molecule has 0 aromatic carbocycles. The maximum atomic E-state index is 11.1. The van der Waals surface area contributed by atoms with Crippen molar-refractivity contribution in [2.24, 2.45) is 11.7 Å². The molecule has 0 aliphatic heterocycles. The molecule has 0 saturated carbocycles. The van der Waals surface area contributed by atoms with Gasteiger partial charge in [-0.25, -0.2) is 0 Å². The zero-order chi connectivity index (χ0) is 14.1. The van der Waals surface area contributed by atoms with E-state index in [0.717, 1.165) is 0 Å². The maximum Gasteiger partial charge on any atom is 0.306 e. The number of nitrogens with two attached hydrogens (primary N) is 1. The average Bonchev–Trinajstić information content (AvgIpc) is 2.15. The van der Waals surface area contributed by atoms with Crippen LogP contribution < -0.4 is 5.73 Å². The van der Waals surface area contributed by atoms with Gasteiger partial charge in [0.2, 0.25) is 0 Å². The summed E-state index contributed by atoms with van der Waals surface area (Å²) in [6.45, 7) is 9.15. The highest BCUT2D eigenvalue weighted by atomic mass is 16.6. The first-order valence-electron chi connectivity index (χ1n) is 5.81. The molecule has 0 fully saturated rings. The van der Waals surface area contributed by atoms with Crippen molar-refractivity contribution >= 4 is 5.97 Å². The molecule has 19 heavy (non-hydrogen) atoms. The molecule has 2 atom stereocenters. The van der Waals surface area contributed by atoms with E-state index in [-0.39, 0.29) is 52.4 Å². The maximum absolute atomic E-state index is 11.1. The van der Waals surface area contributed by atoms with Crippen molar-refractivity contribution in [2.45, 2.75) is 67.5 Å². The molecule has 0 aromatic heterocycles. The van der Waals surface area contributed by atoms with Crippen LogP contribution in [0.25, 0.3) is 0 Å². The third kappa shape index (κ3) is 26.8. The van der Waals surface area contributed by atoms with E-state index in [1.165, 1.54) is 0 Å². The van der Waals surface area contributed by atoms with Gasteiger partial charge in [0.25, 0.3) is 0 Å². The van der Waals surface area contributed by atoms with Gasteiger partial charge >= 0.3 is 5.97 Å². The number of carbonyl (C=O) groups excluding carboxylic acids is 1. The van der Waals surface area contributed by atoms with Gasteiger partial charge in [0.15, 0.2) is 0 Å². The lowest BCUT2D eigenvalue weighted by Gasteiger charge is -2.20. The zero-order valence-electron chi connectivity index (χ0n) is 11.6. The molecule has 0 radical (unpaired) electrons. The van der Waals surface area contributed by atoms with Crippen LogP contribution in [0.15, 0.2) is 0 Å². The molecule has 5 nitrogen and oxygen atoms in total. The summed E-state index contributed by atoms with van der Waals surface area (Å²) in [7, 11) is 0. The second-order valence-corrected chi connectivity index (χ2v) is 5.24. The van der Waals surface area contributed by atoms with Crippen molar-refractivity contribution in [3.63, 3.8) is 0 Å². The average molecular weight is 281 g/mol. The molecule has 0 rings (SSSR count). The SMILES string of the molecule is C.C.C[C@@H](CO)CC(=O)OC(C)(C)C.C[C@H](N)CO. The Labute approximate surface area is 119 Å². The van der Waals surface area contributed by atoms with Crippen molar-refractivity contribution in [2.75, 3.05) is 13.2 Å². The lowest BCUT2D eigenvalue weighted by molar-refractivity contribution is -0.156. The molecule has 0 bridgehead atoms. The third-order valence-electron chi connectivity index (χ3n) is 1.53. The Morgan fingerprint density at radius 2 is 1.53 bits per heavy atom. The van der Waals surface area contributed by atoms with Gasteiger partial charge in [-0.15, -0.1) is 0 Å². The van der Waals surface area contributed by atoms with Crippen molar-refractivity contribution < 1.29 is 19.7 Å². The smallest absolute Gasteiger partial charge is 0.306 e. The minimum Gasteiger partial charge on any atom is -0.460 e. The molecule has 0 heterocycles. The second-order valence-electron chi connectivity index (χ2n) is 5.24. The fourth-order valence-corrected chi connectivity index (χ4v) is 0.732. The van der Waals surface area contributed by atoms with Crippen LogP contribution in [0.3, 0.4) is 0 Å². The summed E-state index contributed by atoms with van der Waals surface area (Å²) in [5.74, 6) is -0.260. The van der Waals surface area contributed by atoms with E-state index in [1.807, 2.05) is 27.7 Å². The Bertz CT molecular complexity index is 200. The minimum atomic E-state index is -0.424. The monoisotopic (exact) mass is 281 g/mol. The highest BCUT2D eigenvalue weighted by molar-refractivity contribution is 5.70. The van der Waals surface area contributed by atoms with E-state index < -0.39 is 5.60 Å². The van der Waals surface area contributed by atoms with E-state index in [9.17, 15) is 4.79 Å².